The number of rotatable bonds is 6. The van der Waals surface area contributed by atoms with E-state index in [1.807, 2.05) is 6.07 Å². The number of halogens is 2. The molecule has 0 bridgehead atoms. The number of nitriles is 1. The van der Waals surface area contributed by atoms with Crippen molar-refractivity contribution in [3.63, 3.8) is 0 Å². The largest absolute Gasteiger partial charge is 0.360 e. The fourth-order valence-corrected chi connectivity index (χ4v) is 3.43. The van der Waals surface area contributed by atoms with Crippen molar-refractivity contribution >= 4 is 50.2 Å². The number of H-pyrrole nitrogens is 1. The zero-order valence-electron chi connectivity index (χ0n) is 13.9. The van der Waals surface area contributed by atoms with Gasteiger partial charge in [0.15, 0.2) is 0 Å². The van der Waals surface area contributed by atoms with Gasteiger partial charge in [-0.25, -0.2) is 8.42 Å². The van der Waals surface area contributed by atoms with Gasteiger partial charge >= 0.3 is 0 Å². The highest BCUT2D eigenvalue weighted by molar-refractivity contribution is 7.92. The number of hydrogen-bond acceptors (Lipinski definition) is 7. The number of hydrogen-bond donors (Lipinski definition) is 3. The molecule has 1 aromatic heterocycles. The van der Waals surface area contributed by atoms with E-state index in [9.17, 15) is 8.42 Å². The summed E-state index contributed by atoms with van der Waals surface area (Å²) in [5.41, 5.74) is 1.01. The first-order valence-corrected chi connectivity index (χ1v) is 9.81. The Kier molecular flexibility index (Phi) is 5.79. The van der Waals surface area contributed by atoms with Crippen LogP contribution in [0.25, 0.3) is 5.57 Å². The number of allylic oxidation sites excluding steroid dienone is 1. The van der Waals surface area contributed by atoms with E-state index in [1.165, 1.54) is 36.5 Å². The van der Waals surface area contributed by atoms with Crippen LogP contribution in [0.2, 0.25) is 10.0 Å². The maximum atomic E-state index is 12.5. The summed E-state index contributed by atoms with van der Waals surface area (Å²) in [7, 11) is -3.81. The van der Waals surface area contributed by atoms with Gasteiger partial charge < -0.3 is 5.32 Å². The lowest BCUT2D eigenvalue weighted by atomic mass is 10.3. The molecule has 0 unspecified atom stereocenters. The van der Waals surface area contributed by atoms with E-state index < -0.39 is 10.0 Å². The van der Waals surface area contributed by atoms with Gasteiger partial charge in [0.05, 0.1) is 20.6 Å². The molecule has 3 N–H and O–H groups in total. The summed E-state index contributed by atoms with van der Waals surface area (Å²) >= 11 is 11.7. The first kappa shape index (κ1) is 19.6. The van der Waals surface area contributed by atoms with Crippen molar-refractivity contribution in [2.75, 3.05) is 10.0 Å². The van der Waals surface area contributed by atoms with Crippen molar-refractivity contribution in [3.05, 3.63) is 64.5 Å². The third kappa shape index (κ3) is 4.58. The van der Waals surface area contributed by atoms with Crippen molar-refractivity contribution in [2.24, 2.45) is 0 Å². The molecule has 0 fully saturated rings. The van der Waals surface area contributed by atoms with E-state index in [2.05, 4.69) is 30.7 Å². The number of benzene rings is 2. The summed E-state index contributed by atoms with van der Waals surface area (Å²) in [5.74, 6) is 0.139. The Morgan fingerprint density at radius 1 is 1.11 bits per heavy atom. The van der Waals surface area contributed by atoms with E-state index in [0.29, 0.717) is 16.4 Å². The first-order chi connectivity index (χ1) is 13.4. The molecule has 0 aliphatic carbocycles. The molecule has 9 nitrogen and oxygen atoms in total. The molecule has 0 radical (unpaired) electrons. The summed E-state index contributed by atoms with van der Waals surface area (Å²) < 4.78 is 27.4. The molecular formula is C16H11Cl2N7O2S. The van der Waals surface area contributed by atoms with Gasteiger partial charge in [0.25, 0.3) is 10.0 Å². The van der Waals surface area contributed by atoms with Gasteiger partial charge in [-0.3, -0.25) is 4.72 Å². The molecule has 2 aromatic carbocycles. The normalized spacial score (nSPS) is 11.7. The molecule has 1 heterocycles. The topological polar surface area (TPSA) is 136 Å². The summed E-state index contributed by atoms with van der Waals surface area (Å²) in [5, 5.41) is 25.6. The zero-order valence-corrected chi connectivity index (χ0v) is 16.2. The van der Waals surface area contributed by atoms with E-state index in [1.54, 1.807) is 12.1 Å². The zero-order chi connectivity index (χ0) is 20.1. The van der Waals surface area contributed by atoms with Crippen LogP contribution in [-0.2, 0) is 10.0 Å². The summed E-state index contributed by atoms with van der Waals surface area (Å²) in [6.45, 7) is 0. The van der Waals surface area contributed by atoms with Gasteiger partial charge in [-0.05, 0) is 47.7 Å². The Bertz CT molecular complexity index is 1150. The Morgan fingerprint density at radius 3 is 2.43 bits per heavy atom. The standard InChI is InChI=1S/C16H11Cl2N7O2S/c17-14-6-3-12(7-15(14)18)23-28(26,27)13-4-1-11(2-5-13)20-9-10(8-19)16-21-24-25-22-16/h1-7,9,20,23H,(H,21,22,24,25). The summed E-state index contributed by atoms with van der Waals surface area (Å²) in [4.78, 5) is 0.0479. The monoisotopic (exact) mass is 435 g/mol. The van der Waals surface area contributed by atoms with E-state index in [0.717, 1.165) is 0 Å². The van der Waals surface area contributed by atoms with Gasteiger partial charge in [0.2, 0.25) is 5.82 Å². The fourth-order valence-electron chi connectivity index (χ4n) is 2.08. The van der Waals surface area contributed by atoms with Crippen LogP contribution >= 0.6 is 23.2 Å². The number of sulfonamides is 1. The molecule has 0 aliphatic rings. The second-order valence-electron chi connectivity index (χ2n) is 5.31. The molecule has 0 atom stereocenters. The smallest absolute Gasteiger partial charge is 0.261 e. The highest BCUT2D eigenvalue weighted by Gasteiger charge is 2.15. The van der Waals surface area contributed by atoms with Crippen LogP contribution in [0.3, 0.4) is 0 Å². The average Bonchev–Trinajstić information content (AvgIpc) is 3.20. The first-order valence-electron chi connectivity index (χ1n) is 7.57. The minimum Gasteiger partial charge on any atom is -0.360 e. The number of nitrogens with one attached hydrogen (secondary N) is 3. The van der Waals surface area contributed by atoms with E-state index >= 15 is 0 Å². The third-order valence-electron chi connectivity index (χ3n) is 3.43. The molecule has 142 valence electrons. The third-order valence-corrected chi connectivity index (χ3v) is 5.56. The van der Waals surface area contributed by atoms with Crippen LogP contribution in [0, 0.1) is 11.3 Å². The number of tetrazole rings is 1. The van der Waals surface area contributed by atoms with Crippen LogP contribution in [0.15, 0.2) is 53.6 Å². The van der Waals surface area contributed by atoms with E-state index in [4.69, 9.17) is 28.5 Å². The van der Waals surface area contributed by atoms with Crippen molar-refractivity contribution < 1.29 is 8.42 Å². The van der Waals surface area contributed by atoms with E-state index in [-0.39, 0.29) is 21.3 Å². The number of anilines is 2. The molecule has 0 amide bonds. The molecule has 0 saturated carbocycles. The molecule has 3 rings (SSSR count). The lowest BCUT2D eigenvalue weighted by Crippen LogP contribution is -2.12. The minimum absolute atomic E-state index is 0.0479. The summed E-state index contributed by atoms with van der Waals surface area (Å²) in [6.07, 6.45) is 1.39. The number of nitrogens with zero attached hydrogens (tertiary/aromatic N) is 4. The van der Waals surface area contributed by atoms with Gasteiger partial charge in [-0.2, -0.15) is 10.5 Å². The lowest BCUT2D eigenvalue weighted by molar-refractivity contribution is 0.601. The molecule has 0 saturated heterocycles. The minimum atomic E-state index is -3.81. The number of aromatic nitrogens is 4. The fraction of sp³-hybridized carbons (Fsp3) is 0. The SMILES string of the molecule is N#CC(=CNc1ccc(S(=O)(=O)Nc2ccc(Cl)c(Cl)c2)cc1)c1nn[nH]n1. The molecule has 28 heavy (non-hydrogen) atoms. The van der Waals surface area contributed by atoms with Gasteiger partial charge in [-0.1, -0.05) is 23.2 Å². The second kappa shape index (κ2) is 8.26. The van der Waals surface area contributed by atoms with Gasteiger partial charge in [0.1, 0.15) is 11.6 Å². The average molecular weight is 436 g/mol. The highest BCUT2D eigenvalue weighted by atomic mass is 35.5. The molecule has 12 heteroatoms. The molecule has 0 aliphatic heterocycles. The maximum Gasteiger partial charge on any atom is 0.261 e. The predicted molar refractivity (Wildman–Crippen MR) is 105 cm³/mol. The van der Waals surface area contributed by atoms with Crippen molar-refractivity contribution in [2.45, 2.75) is 4.90 Å². The van der Waals surface area contributed by atoms with Crippen LogP contribution < -0.4 is 10.0 Å². The van der Waals surface area contributed by atoms with Crippen molar-refractivity contribution in [1.29, 1.82) is 5.26 Å². The second-order valence-corrected chi connectivity index (χ2v) is 7.81. The Balaban J connectivity index is 1.74. The van der Waals surface area contributed by atoms with Crippen LogP contribution in [-0.4, -0.2) is 29.0 Å². The molecular weight excluding hydrogens is 425 g/mol. The van der Waals surface area contributed by atoms with Crippen molar-refractivity contribution in [1.82, 2.24) is 20.6 Å². The molecule has 3 aromatic rings. The molecule has 0 spiro atoms. The Labute approximate surface area is 170 Å². The summed E-state index contributed by atoms with van der Waals surface area (Å²) in [6, 6.07) is 12.3. The quantitative estimate of drug-likeness (QED) is 0.505. The highest BCUT2D eigenvalue weighted by Crippen LogP contribution is 2.26. The van der Waals surface area contributed by atoms with Gasteiger partial charge in [0, 0.05) is 11.9 Å². The van der Waals surface area contributed by atoms with Gasteiger partial charge in [-0.15, -0.1) is 10.2 Å². The predicted octanol–water partition coefficient (Wildman–Crippen LogP) is 3.28. The van der Waals surface area contributed by atoms with Crippen LogP contribution in [0.1, 0.15) is 5.82 Å². The van der Waals surface area contributed by atoms with Crippen LogP contribution in [0.5, 0.6) is 0 Å². The number of aromatic amines is 1. The Hall–Kier alpha value is -3.13. The maximum absolute atomic E-state index is 12.5. The van der Waals surface area contributed by atoms with Crippen LogP contribution in [0.4, 0.5) is 11.4 Å². The lowest BCUT2D eigenvalue weighted by Gasteiger charge is -2.09. The Morgan fingerprint density at radius 2 is 1.82 bits per heavy atom. The van der Waals surface area contributed by atoms with Crippen molar-refractivity contribution in [3.8, 4) is 6.07 Å².